The van der Waals surface area contributed by atoms with E-state index < -0.39 is 23.3 Å². The van der Waals surface area contributed by atoms with Crippen LogP contribution in [0.25, 0.3) is 0 Å². The van der Waals surface area contributed by atoms with Gasteiger partial charge >= 0.3 is 0 Å². The predicted molar refractivity (Wildman–Crippen MR) is 65.9 cm³/mol. The minimum Gasteiger partial charge on any atom is -0.390 e. The lowest BCUT2D eigenvalue weighted by Crippen LogP contribution is -2.49. The summed E-state index contributed by atoms with van der Waals surface area (Å²) in [5.74, 6) is -1.26. The maximum Gasteiger partial charge on any atom is 0.129 e. The van der Waals surface area contributed by atoms with Crippen LogP contribution in [0.1, 0.15) is 18.4 Å². The Kier molecular flexibility index (Phi) is 4.50. The first-order valence-corrected chi connectivity index (χ1v) is 6.32. The van der Waals surface area contributed by atoms with Gasteiger partial charge in [0, 0.05) is 45.7 Å². The third kappa shape index (κ3) is 3.11. The number of aliphatic hydroxyl groups excluding tert-OH is 1. The summed E-state index contributed by atoms with van der Waals surface area (Å²) in [6.45, 7) is 1.02. The fourth-order valence-corrected chi connectivity index (χ4v) is 2.47. The Labute approximate surface area is 111 Å². The van der Waals surface area contributed by atoms with Crippen molar-refractivity contribution < 1.29 is 23.4 Å². The minimum atomic E-state index is -0.846. The van der Waals surface area contributed by atoms with Gasteiger partial charge in [0.2, 0.25) is 0 Å². The van der Waals surface area contributed by atoms with Gasteiger partial charge in [-0.3, -0.25) is 0 Å². The molecule has 1 unspecified atom stereocenters. The third-order valence-corrected chi connectivity index (χ3v) is 3.78. The Morgan fingerprint density at radius 2 is 2.05 bits per heavy atom. The number of hydrogen-bond acceptors (Lipinski definition) is 3. The molecule has 2 rings (SSSR count). The van der Waals surface area contributed by atoms with E-state index in [1.54, 1.807) is 0 Å². The third-order valence-electron chi connectivity index (χ3n) is 3.78. The fourth-order valence-electron chi connectivity index (χ4n) is 2.47. The van der Waals surface area contributed by atoms with Crippen molar-refractivity contribution in [1.29, 1.82) is 0 Å². The highest BCUT2D eigenvalue weighted by Crippen LogP contribution is 2.30. The van der Waals surface area contributed by atoms with Gasteiger partial charge in [-0.1, -0.05) is 6.07 Å². The standard InChI is InChI=1S/C14H18F2O3/c1-18-14(4-6-19-7-5-14)13(17)8-10-2-3-11(15)9-12(10)16/h2-3,9,13,17H,4-8H2,1H3. The van der Waals surface area contributed by atoms with E-state index in [4.69, 9.17) is 9.47 Å². The van der Waals surface area contributed by atoms with Gasteiger partial charge in [-0.2, -0.15) is 0 Å². The number of halogens is 2. The van der Waals surface area contributed by atoms with Crippen molar-refractivity contribution in [2.75, 3.05) is 20.3 Å². The number of rotatable bonds is 4. The van der Waals surface area contributed by atoms with Crippen molar-refractivity contribution in [3.8, 4) is 0 Å². The molecule has 0 spiro atoms. The topological polar surface area (TPSA) is 38.7 Å². The Hall–Kier alpha value is -1.04. The zero-order valence-electron chi connectivity index (χ0n) is 10.9. The second-order valence-corrected chi connectivity index (χ2v) is 4.84. The molecule has 1 aliphatic heterocycles. The van der Waals surface area contributed by atoms with E-state index in [2.05, 4.69) is 0 Å². The molecular weight excluding hydrogens is 254 g/mol. The van der Waals surface area contributed by atoms with Crippen molar-refractivity contribution in [3.05, 3.63) is 35.4 Å². The molecule has 19 heavy (non-hydrogen) atoms. The molecule has 1 atom stereocenters. The molecule has 3 nitrogen and oxygen atoms in total. The lowest BCUT2D eigenvalue weighted by Gasteiger charge is -2.39. The van der Waals surface area contributed by atoms with Gasteiger partial charge in [-0.15, -0.1) is 0 Å². The maximum atomic E-state index is 13.6. The van der Waals surface area contributed by atoms with Crippen LogP contribution < -0.4 is 0 Å². The molecule has 0 saturated carbocycles. The van der Waals surface area contributed by atoms with Crippen LogP contribution in [0.5, 0.6) is 0 Å². The van der Waals surface area contributed by atoms with Crippen LogP contribution in [0, 0.1) is 11.6 Å². The molecule has 0 aliphatic carbocycles. The first kappa shape index (κ1) is 14.4. The van der Waals surface area contributed by atoms with E-state index in [-0.39, 0.29) is 12.0 Å². The molecule has 0 amide bonds. The van der Waals surface area contributed by atoms with Crippen LogP contribution >= 0.6 is 0 Å². The smallest absolute Gasteiger partial charge is 0.129 e. The summed E-state index contributed by atoms with van der Waals surface area (Å²) in [7, 11) is 1.54. The van der Waals surface area contributed by atoms with E-state index in [1.165, 1.54) is 19.2 Å². The highest BCUT2D eigenvalue weighted by atomic mass is 19.1. The SMILES string of the molecule is COC1(C(O)Cc2ccc(F)cc2F)CCOCC1. The lowest BCUT2D eigenvalue weighted by atomic mass is 9.84. The highest BCUT2D eigenvalue weighted by Gasteiger charge is 2.40. The van der Waals surface area contributed by atoms with Gasteiger partial charge in [0.05, 0.1) is 11.7 Å². The van der Waals surface area contributed by atoms with Gasteiger partial charge in [0.25, 0.3) is 0 Å². The van der Waals surface area contributed by atoms with E-state index in [0.717, 1.165) is 6.07 Å². The zero-order valence-corrected chi connectivity index (χ0v) is 10.9. The first-order chi connectivity index (χ1) is 9.07. The molecule has 1 N–H and O–H groups in total. The minimum absolute atomic E-state index is 0.0972. The number of aliphatic hydroxyl groups is 1. The van der Waals surface area contributed by atoms with Crippen LogP contribution in [0.15, 0.2) is 18.2 Å². The Balaban J connectivity index is 2.12. The van der Waals surface area contributed by atoms with Gasteiger partial charge in [0.1, 0.15) is 11.6 Å². The number of ether oxygens (including phenoxy) is 2. The molecule has 5 heteroatoms. The Morgan fingerprint density at radius 1 is 1.37 bits per heavy atom. The summed E-state index contributed by atoms with van der Waals surface area (Å²) in [5, 5.41) is 10.3. The van der Waals surface area contributed by atoms with Gasteiger partial charge in [-0.05, 0) is 11.6 Å². The molecule has 0 aromatic heterocycles. The lowest BCUT2D eigenvalue weighted by molar-refractivity contribution is -0.151. The summed E-state index contributed by atoms with van der Waals surface area (Å²) in [6, 6.07) is 3.37. The van der Waals surface area contributed by atoms with E-state index >= 15 is 0 Å². The van der Waals surface area contributed by atoms with Crippen LogP contribution in [-0.4, -0.2) is 37.1 Å². The van der Waals surface area contributed by atoms with Crippen molar-refractivity contribution in [3.63, 3.8) is 0 Å². The van der Waals surface area contributed by atoms with Crippen molar-refractivity contribution in [2.45, 2.75) is 31.0 Å². The summed E-state index contributed by atoms with van der Waals surface area (Å²) >= 11 is 0. The van der Waals surface area contributed by atoms with Gasteiger partial charge in [-0.25, -0.2) is 8.78 Å². The zero-order chi connectivity index (χ0) is 13.9. The molecule has 1 heterocycles. The first-order valence-electron chi connectivity index (χ1n) is 6.32. The molecular formula is C14H18F2O3. The second-order valence-electron chi connectivity index (χ2n) is 4.84. The molecule has 1 saturated heterocycles. The average Bonchev–Trinajstić information content (AvgIpc) is 2.42. The monoisotopic (exact) mass is 272 g/mol. The van der Waals surface area contributed by atoms with Gasteiger partial charge in [0.15, 0.2) is 0 Å². The molecule has 1 aromatic carbocycles. The highest BCUT2D eigenvalue weighted by molar-refractivity contribution is 5.20. The van der Waals surface area contributed by atoms with Crippen LogP contribution in [0.3, 0.4) is 0 Å². The molecule has 1 aliphatic rings. The van der Waals surface area contributed by atoms with Gasteiger partial charge < -0.3 is 14.6 Å². The second kappa shape index (κ2) is 5.94. The van der Waals surface area contributed by atoms with E-state index in [0.29, 0.717) is 26.1 Å². The molecule has 1 aromatic rings. The molecule has 1 fully saturated rings. The number of hydrogen-bond donors (Lipinski definition) is 1. The summed E-state index contributed by atoms with van der Waals surface area (Å²) in [4.78, 5) is 0. The van der Waals surface area contributed by atoms with Crippen LogP contribution in [-0.2, 0) is 15.9 Å². The quantitative estimate of drug-likeness (QED) is 0.912. The van der Waals surface area contributed by atoms with Crippen molar-refractivity contribution in [1.82, 2.24) is 0 Å². The fraction of sp³-hybridized carbons (Fsp3) is 0.571. The predicted octanol–water partition coefficient (Wildman–Crippen LogP) is 2.06. The molecule has 106 valence electrons. The molecule has 0 bridgehead atoms. The summed E-state index contributed by atoms with van der Waals surface area (Å²) in [5.41, 5.74) is -0.421. The largest absolute Gasteiger partial charge is 0.390 e. The Bertz CT molecular complexity index is 431. The number of benzene rings is 1. The normalized spacial score (nSPS) is 20.2. The summed E-state index contributed by atoms with van der Waals surface area (Å²) in [6.07, 6.45) is 0.377. The maximum absolute atomic E-state index is 13.6. The van der Waals surface area contributed by atoms with Crippen molar-refractivity contribution >= 4 is 0 Å². The number of methoxy groups -OCH3 is 1. The van der Waals surface area contributed by atoms with Crippen LogP contribution in [0.4, 0.5) is 8.78 Å². The van der Waals surface area contributed by atoms with Crippen LogP contribution in [0.2, 0.25) is 0 Å². The average molecular weight is 272 g/mol. The van der Waals surface area contributed by atoms with E-state index in [9.17, 15) is 13.9 Å². The van der Waals surface area contributed by atoms with E-state index in [1.807, 2.05) is 0 Å². The van der Waals surface area contributed by atoms with Crippen molar-refractivity contribution in [2.24, 2.45) is 0 Å². The molecule has 0 radical (unpaired) electrons. The Morgan fingerprint density at radius 3 is 2.63 bits per heavy atom. The summed E-state index contributed by atoms with van der Waals surface area (Å²) < 4.78 is 37.1.